The van der Waals surface area contributed by atoms with Gasteiger partial charge in [-0.15, -0.1) is 0 Å². The van der Waals surface area contributed by atoms with Crippen LogP contribution in [-0.2, 0) is 16.0 Å². The Labute approximate surface area is 169 Å². The molecule has 0 unspecified atom stereocenters. The maximum Gasteiger partial charge on any atom is 0.226 e. The van der Waals surface area contributed by atoms with Crippen molar-refractivity contribution in [3.8, 4) is 0 Å². The smallest absolute Gasteiger partial charge is 0.226 e. The van der Waals surface area contributed by atoms with Crippen LogP contribution in [0.2, 0.25) is 0 Å². The number of hydrogen-bond donors (Lipinski definition) is 0. The van der Waals surface area contributed by atoms with E-state index in [0.717, 1.165) is 57.5 Å². The fourth-order valence-electron chi connectivity index (χ4n) is 4.60. The first-order valence-electron chi connectivity index (χ1n) is 10.8. The number of rotatable bonds is 6. The van der Waals surface area contributed by atoms with Crippen molar-refractivity contribution in [3.05, 3.63) is 35.9 Å². The van der Waals surface area contributed by atoms with Gasteiger partial charge in [0.1, 0.15) is 0 Å². The lowest BCUT2D eigenvalue weighted by molar-refractivity contribution is -0.135. The van der Waals surface area contributed by atoms with Gasteiger partial charge in [0.2, 0.25) is 11.8 Å². The number of amides is 2. The van der Waals surface area contributed by atoms with Crippen molar-refractivity contribution in [1.29, 1.82) is 0 Å². The Balaban J connectivity index is 1.41. The lowest BCUT2D eigenvalue weighted by atomic mass is 9.91. The summed E-state index contributed by atoms with van der Waals surface area (Å²) in [6.45, 7) is 4.45. The fourth-order valence-corrected chi connectivity index (χ4v) is 4.60. The number of carbonyl (C=O) groups excluding carboxylic acids is 2. The Hall–Kier alpha value is -1.88. The predicted octanol–water partition coefficient (Wildman–Crippen LogP) is 2.66. The number of piperidine rings is 2. The molecule has 2 aliphatic rings. The number of benzene rings is 1. The minimum atomic E-state index is 0.207. The van der Waals surface area contributed by atoms with Gasteiger partial charge in [-0.25, -0.2) is 0 Å². The summed E-state index contributed by atoms with van der Waals surface area (Å²) in [6, 6.07) is 9.94. The standard InChI is InChI=1S/C23H35N3O2/c1-24(2)17-21-9-6-12-26(18-21)23(28)16-20-10-13-25(14-11-20)22(27)15-19-7-4-3-5-8-19/h3-5,7-8,20-21H,6,9-18H2,1-2H3/t21-/m0/s1. The minimum Gasteiger partial charge on any atom is -0.342 e. The van der Waals surface area contributed by atoms with Gasteiger partial charge in [0.25, 0.3) is 0 Å². The fraction of sp³-hybridized carbons (Fsp3) is 0.652. The first-order chi connectivity index (χ1) is 13.5. The van der Waals surface area contributed by atoms with Crippen LogP contribution < -0.4 is 0 Å². The van der Waals surface area contributed by atoms with Crippen LogP contribution in [0.4, 0.5) is 0 Å². The molecule has 3 rings (SSSR count). The first kappa shape index (κ1) is 20.8. The molecule has 0 N–H and O–H groups in total. The molecule has 2 heterocycles. The van der Waals surface area contributed by atoms with Crippen molar-refractivity contribution in [3.63, 3.8) is 0 Å². The van der Waals surface area contributed by atoms with E-state index < -0.39 is 0 Å². The van der Waals surface area contributed by atoms with Crippen LogP contribution in [0.1, 0.15) is 37.7 Å². The zero-order chi connectivity index (χ0) is 19.9. The van der Waals surface area contributed by atoms with E-state index in [1.807, 2.05) is 35.2 Å². The summed E-state index contributed by atoms with van der Waals surface area (Å²) in [5.74, 6) is 1.55. The second-order valence-corrected chi connectivity index (χ2v) is 8.80. The summed E-state index contributed by atoms with van der Waals surface area (Å²) in [6.07, 6.45) is 5.36. The van der Waals surface area contributed by atoms with Gasteiger partial charge in [-0.1, -0.05) is 30.3 Å². The molecule has 1 aromatic carbocycles. The Bertz CT molecular complexity index is 639. The maximum atomic E-state index is 12.8. The van der Waals surface area contributed by atoms with Gasteiger partial charge >= 0.3 is 0 Å². The molecule has 1 aromatic rings. The highest BCUT2D eigenvalue weighted by Gasteiger charge is 2.28. The summed E-state index contributed by atoms with van der Waals surface area (Å²) in [7, 11) is 4.21. The third-order valence-corrected chi connectivity index (χ3v) is 6.12. The zero-order valence-electron chi connectivity index (χ0n) is 17.5. The normalized spacial score (nSPS) is 21.2. The molecule has 154 valence electrons. The third-order valence-electron chi connectivity index (χ3n) is 6.12. The molecule has 28 heavy (non-hydrogen) atoms. The van der Waals surface area contributed by atoms with E-state index in [4.69, 9.17) is 0 Å². The van der Waals surface area contributed by atoms with E-state index >= 15 is 0 Å². The summed E-state index contributed by atoms with van der Waals surface area (Å²) in [5.41, 5.74) is 1.07. The monoisotopic (exact) mass is 385 g/mol. The Morgan fingerprint density at radius 1 is 0.929 bits per heavy atom. The molecular weight excluding hydrogens is 350 g/mol. The minimum absolute atomic E-state index is 0.207. The van der Waals surface area contributed by atoms with Gasteiger partial charge < -0.3 is 14.7 Å². The van der Waals surface area contributed by atoms with Gasteiger partial charge in [0.05, 0.1) is 6.42 Å². The highest BCUT2D eigenvalue weighted by atomic mass is 16.2. The lowest BCUT2D eigenvalue weighted by Crippen LogP contribution is -2.44. The number of hydrogen-bond acceptors (Lipinski definition) is 3. The van der Waals surface area contributed by atoms with E-state index in [9.17, 15) is 9.59 Å². The molecule has 0 saturated carbocycles. The first-order valence-corrected chi connectivity index (χ1v) is 10.8. The maximum absolute atomic E-state index is 12.8. The van der Waals surface area contributed by atoms with Crippen molar-refractivity contribution in [2.24, 2.45) is 11.8 Å². The van der Waals surface area contributed by atoms with Crippen LogP contribution in [0.5, 0.6) is 0 Å². The second kappa shape index (κ2) is 10.1. The Morgan fingerprint density at radius 3 is 2.32 bits per heavy atom. The van der Waals surface area contributed by atoms with Crippen LogP contribution in [0, 0.1) is 11.8 Å². The highest BCUT2D eigenvalue weighted by molar-refractivity contribution is 5.79. The summed E-state index contributed by atoms with van der Waals surface area (Å²) in [5, 5.41) is 0. The highest BCUT2D eigenvalue weighted by Crippen LogP contribution is 2.24. The van der Waals surface area contributed by atoms with Gasteiger partial charge in [-0.05, 0) is 57.2 Å². The molecule has 0 radical (unpaired) electrons. The van der Waals surface area contributed by atoms with Crippen molar-refractivity contribution in [2.75, 3.05) is 46.8 Å². The van der Waals surface area contributed by atoms with Crippen LogP contribution in [0.15, 0.2) is 30.3 Å². The number of carbonyl (C=O) groups is 2. The molecule has 2 aliphatic heterocycles. The van der Waals surface area contributed by atoms with E-state index in [1.165, 1.54) is 6.42 Å². The summed E-state index contributed by atoms with van der Waals surface area (Å²) in [4.78, 5) is 31.6. The molecule has 2 amide bonds. The van der Waals surface area contributed by atoms with Crippen molar-refractivity contribution >= 4 is 11.8 Å². The predicted molar refractivity (Wildman–Crippen MR) is 112 cm³/mol. The van der Waals surface area contributed by atoms with Crippen molar-refractivity contribution < 1.29 is 9.59 Å². The molecule has 2 fully saturated rings. The second-order valence-electron chi connectivity index (χ2n) is 8.80. The van der Waals surface area contributed by atoms with Crippen LogP contribution in [0.3, 0.4) is 0 Å². The van der Waals surface area contributed by atoms with Crippen molar-refractivity contribution in [2.45, 2.75) is 38.5 Å². The molecule has 1 atom stereocenters. The van der Waals surface area contributed by atoms with Gasteiger partial charge in [-0.3, -0.25) is 9.59 Å². The number of likely N-dealkylation sites (tertiary alicyclic amines) is 2. The lowest BCUT2D eigenvalue weighted by Gasteiger charge is -2.36. The summed E-state index contributed by atoms with van der Waals surface area (Å²) < 4.78 is 0. The topological polar surface area (TPSA) is 43.9 Å². The average Bonchev–Trinajstić information content (AvgIpc) is 2.69. The SMILES string of the molecule is CN(C)C[C@@H]1CCCN(C(=O)CC2CCN(C(=O)Cc3ccccc3)CC2)C1. The third kappa shape index (κ3) is 6.06. The van der Waals surface area contributed by atoms with Crippen molar-refractivity contribution in [1.82, 2.24) is 14.7 Å². The van der Waals surface area contributed by atoms with E-state index in [-0.39, 0.29) is 5.91 Å². The largest absolute Gasteiger partial charge is 0.342 e. The molecule has 5 heteroatoms. The molecule has 0 aliphatic carbocycles. The molecule has 2 saturated heterocycles. The average molecular weight is 386 g/mol. The molecule has 0 aromatic heterocycles. The number of nitrogens with zero attached hydrogens (tertiary/aromatic N) is 3. The molecule has 5 nitrogen and oxygen atoms in total. The van der Waals surface area contributed by atoms with E-state index in [0.29, 0.717) is 30.6 Å². The molecular formula is C23H35N3O2. The Kier molecular flexibility index (Phi) is 7.49. The van der Waals surface area contributed by atoms with Gasteiger partial charge in [0.15, 0.2) is 0 Å². The van der Waals surface area contributed by atoms with Crippen LogP contribution in [-0.4, -0.2) is 73.3 Å². The Morgan fingerprint density at radius 2 is 1.64 bits per heavy atom. The van der Waals surface area contributed by atoms with Gasteiger partial charge in [-0.2, -0.15) is 0 Å². The zero-order valence-corrected chi connectivity index (χ0v) is 17.5. The quantitative estimate of drug-likeness (QED) is 0.756. The van der Waals surface area contributed by atoms with Crippen LogP contribution in [0.25, 0.3) is 0 Å². The molecule has 0 spiro atoms. The van der Waals surface area contributed by atoms with Crippen LogP contribution >= 0.6 is 0 Å². The summed E-state index contributed by atoms with van der Waals surface area (Å²) >= 11 is 0. The van der Waals surface area contributed by atoms with E-state index in [1.54, 1.807) is 0 Å². The van der Waals surface area contributed by atoms with Gasteiger partial charge in [0, 0.05) is 39.1 Å². The van der Waals surface area contributed by atoms with E-state index in [2.05, 4.69) is 23.9 Å². The molecule has 0 bridgehead atoms.